The highest BCUT2D eigenvalue weighted by Gasteiger charge is 2.18. The number of nitrogens with one attached hydrogen (secondary N) is 2. The molecule has 1 atom stereocenters. The molecule has 1 aliphatic rings. The summed E-state index contributed by atoms with van der Waals surface area (Å²) in [6.45, 7) is 10.7. The van der Waals surface area contributed by atoms with Gasteiger partial charge in [0.2, 0.25) is 0 Å². The largest absolute Gasteiger partial charge is 0.372 e. The summed E-state index contributed by atoms with van der Waals surface area (Å²) >= 11 is 2.33. The number of halogens is 1. The monoisotopic (exact) mass is 504 g/mol. The molecule has 0 spiro atoms. The average Bonchev–Trinajstić information content (AvgIpc) is 2.67. The number of nitrogens with zero attached hydrogens (tertiary/aromatic N) is 1. The number of nitrogens with two attached hydrogens (primary N) is 1. The molecule has 1 unspecified atom stereocenters. The second-order valence-corrected chi connectivity index (χ2v) is 8.41. The van der Waals surface area contributed by atoms with Crippen molar-refractivity contribution >= 4 is 33.4 Å². The van der Waals surface area contributed by atoms with Crippen LogP contribution < -0.4 is 21.9 Å². The average molecular weight is 504 g/mol. The number of fused-ring (bicyclic) bond motifs is 1. The van der Waals surface area contributed by atoms with E-state index in [0.29, 0.717) is 13.1 Å². The molecule has 1 aliphatic heterocycles. The highest BCUT2D eigenvalue weighted by atomic mass is 127. The van der Waals surface area contributed by atoms with Gasteiger partial charge in [0.25, 0.3) is 5.56 Å². The molecule has 4 N–H and O–H groups in total. The van der Waals surface area contributed by atoms with Crippen molar-refractivity contribution in [1.29, 1.82) is 0 Å². The van der Waals surface area contributed by atoms with Gasteiger partial charge in [-0.3, -0.25) is 10.1 Å². The van der Waals surface area contributed by atoms with E-state index in [0.717, 1.165) is 43.3 Å². The lowest BCUT2D eigenvalue weighted by Gasteiger charge is -2.26. The van der Waals surface area contributed by atoms with Crippen LogP contribution in [0.25, 0.3) is 10.8 Å². The van der Waals surface area contributed by atoms with Gasteiger partial charge < -0.3 is 15.6 Å². The predicted octanol–water partition coefficient (Wildman–Crippen LogP) is 3.67. The summed E-state index contributed by atoms with van der Waals surface area (Å²) in [5.74, 6) is 0. The van der Waals surface area contributed by atoms with Gasteiger partial charge in [-0.25, -0.2) is 0 Å². The number of hydrogen-bond donors (Lipinski definition) is 3. The lowest BCUT2D eigenvalue weighted by Crippen LogP contribution is -2.49. The molecule has 2 aromatic rings. The SMILES string of the molecule is C=C/C(=C/C1=C(CI)C(N)NCN1)Cc1cc2cccc(C)c2c(=O)n1C(C)C. The van der Waals surface area contributed by atoms with Gasteiger partial charge >= 0.3 is 0 Å². The number of hydrogen-bond acceptors (Lipinski definition) is 4. The van der Waals surface area contributed by atoms with Gasteiger partial charge in [-0.05, 0) is 55.0 Å². The molecule has 1 aromatic heterocycles. The molecule has 2 heterocycles. The number of aryl methyl sites for hydroxylation is 1. The molecule has 3 rings (SSSR count). The van der Waals surface area contributed by atoms with Gasteiger partial charge in [0, 0.05) is 28.3 Å². The van der Waals surface area contributed by atoms with Gasteiger partial charge in [0.15, 0.2) is 0 Å². The minimum absolute atomic E-state index is 0.0714. The van der Waals surface area contributed by atoms with Gasteiger partial charge in [-0.1, -0.05) is 53.4 Å². The van der Waals surface area contributed by atoms with Crippen LogP contribution in [-0.2, 0) is 6.42 Å². The van der Waals surface area contributed by atoms with Crippen molar-refractivity contribution in [1.82, 2.24) is 15.2 Å². The van der Waals surface area contributed by atoms with Crippen LogP contribution in [-0.4, -0.2) is 21.8 Å². The molecular formula is C23H29IN4O. The fourth-order valence-electron chi connectivity index (χ4n) is 3.84. The molecule has 0 fully saturated rings. The van der Waals surface area contributed by atoms with E-state index in [9.17, 15) is 4.79 Å². The van der Waals surface area contributed by atoms with Crippen molar-refractivity contribution in [3.8, 4) is 0 Å². The molecule has 0 radical (unpaired) electrons. The maximum Gasteiger partial charge on any atom is 0.259 e. The second kappa shape index (κ2) is 9.28. The van der Waals surface area contributed by atoms with Crippen LogP contribution in [0.2, 0.25) is 0 Å². The van der Waals surface area contributed by atoms with Crippen LogP contribution in [0.3, 0.4) is 0 Å². The minimum atomic E-state index is -0.150. The van der Waals surface area contributed by atoms with Crippen molar-refractivity contribution in [2.75, 3.05) is 11.1 Å². The maximum absolute atomic E-state index is 13.3. The van der Waals surface area contributed by atoms with Gasteiger partial charge in [0.1, 0.15) is 0 Å². The summed E-state index contributed by atoms with van der Waals surface area (Å²) < 4.78 is 2.74. The van der Waals surface area contributed by atoms with Crippen molar-refractivity contribution in [2.45, 2.75) is 39.4 Å². The number of rotatable bonds is 6. The smallest absolute Gasteiger partial charge is 0.259 e. The van der Waals surface area contributed by atoms with Gasteiger partial charge in [-0.2, -0.15) is 0 Å². The van der Waals surface area contributed by atoms with E-state index in [-0.39, 0.29) is 17.8 Å². The molecular weight excluding hydrogens is 475 g/mol. The van der Waals surface area contributed by atoms with E-state index in [1.54, 1.807) is 0 Å². The zero-order valence-corrected chi connectivity index (χ0v) is 19.4. The summed E-state index contributed by atoms with van der Waals surface area (Å²) in [4.78, 5) is 13.3. The zero-order chi connectivity index (χ0) is 21.1. The standard InChI is InChI=1S/C23H29IN4O/c1-5-16(10-20-19(12-24)22(25)27-13-26-20)9-18-11-17-8-6-7-15(4)21(17)23(29)28(18)14(2)3/h5-8,10-11,14,22,26-27H,1,9,12-13,25H2,2-4H3/b16-10-. The lowest BCUT2D eigenvalue weighted by atomic mass is 10.0. The molecule has 6 heteroatoms. The Hall–Kier alpha value is -1.90. The fourth-order valence-corrected chi connectivity index (χ4v) is 4.73. The zero-order valence-electron chi connectivity index (χ0n) is 17.3. The van der Waals surface area contributed by atoms with Gasteiger partial charge in [-0.15, -0.1) is 0 Å². The Morgan fingerprint density at radius 2 is 2.21 bits per heavy atom. The fraction of sp³-hybridized carbons (Fsp3) is 0.348. The summed E-state index contributed by atoms with van der Waals surface area (Å²) in [6, 6.07) is 8.22. The first-order chi connectivity index (χ1) is 13.9. The topological polar surface area (TPSA) is 72.1 Å². The third-order valence-electron chi connectivity index (χ3n) is 5.33. The van der Waals surface area contributed by atoms with Crippen molar-refractivity contribution < 1.29 is 0 Å². The first kappa shape index (κ1) is 21.8. The summed E-state index contributed by atoms with van der Waals surface area (Å²) in [7, 11) is 0. The van der Waals surface area contributed by atoms with Crippen LogP contribution in [0.5, 0.6) is 0 Å². The molecule has 0 amide bonds. The molecule has 154 valence electrons. The predicted molar refractivity (Wildman–Crippen MR) is 130 cm³/mol. The van der Waals surface area contributed by atoms with Crippen molar-refractivity contribution in [2.24, 2.45) is 5.73 Å². The van der Waals surface area contributed by atoms with Gasteiger partial charge in [0.05, 0.1) is 18.2 Å². The third kappa shape index (κ3) is 4.49. The number of alkyl halides is 1. The molecule has 0 bridgehead atoms. The summed E-state index contributed by atoms with van der Waals surface area (Å²) in [5.41, 5.74) is 11.5. The molecule has 0 saturated carbocycles. The molecule has 29 heavy (non-hydrogen) atoms. The Morgan fingerprint density at radius 3 is 2.86 bits per heavy atom. The Bertz CT molecular complexity index is 1050. The van der Waals surface area contributed by atoms with Crippen LogP contribution in [0, 0.1) is 6.92 Å². The normalized spacial score (nSPS) is 17.7. The second-order valence-electron chi connectivity index (χ2n) is 7.65. The Labute approximate surface area is 185 Å². The van der Waals surface area contributed by atoms with E-state index in [1.165, 1.54) is 0 Å². The van der Waals surface area contributed by atoms with Crippen LogP contribution in [0.1, 0.15) is 31.1 Å². The highest BCUT2D eigenvalue weighted by molar-refractivity contribution is 14.1. The Kier molecular flexibility index (Phi) is 6.97. The quantitative estimate of drug-likeness (QED) is 0.319. The van der Waals surface area contributed by atoms with Crippen molar-refractivity contribution in [3.05, 3.63) is 81.5 Å². The van der Waals surface area contributed by atoms with E-state index in [4.69, 9.17) is 5.73 Å². The van der Waals surface area contributed by atoms with Crippen LogP contribution >= 0.6 is 22.6 Å². The minimum Gasteiger partial charge on any atom is -0.372 e. The molecule has 0 aliphatic carbocycles. The maximum atomic E-state index is 13.3. The highest BCUT2D eigenvalue weighted by Crippen LogP contribution is 2.22. The summed E-state index contributed by atoms with van der Waals surface area (Å²) in [6.07, 6.45) is 4.45. The van der Waals surface area contributed by atoms with Crippen LogP contribution in [0.15, 0.2) is 64.6 Å². The summed E-state index contributed by atoms with van der Waals surface area (Å²) in [5, 5.41) is 8.38. The van der Waals surface area contributed by atoms with E-state index in [1.807, 2.05) is 35.8 Å². The number of benzene rings is 1. The van der Waals surface area contributed by atoms with Crippen LogP contribution in [0.4, 0.5) is 0 Å². The Balaban J connectivity index is 2.12. The number of pyridine rings is 1. The molecule has 1 aromatic carbocycles. The van der Waals surface area contributed by atoms with Crippen molar-refractivity contribution in [3.63, 3.8) is 0 Å². The first-order valence-corrected chi connectivity index (χ1v) is 11.4. The molecule has 0 saturated heterocycles. The van der Waals surface area contributed by atoms with E-state index < -0.39 is 0 Å². The lowest BCUT2D eigenvalue weighted by molar-refractivity contribution is 0.521. The van der Waals surface area contributed by atoms with E-state index >= 15 is 0 Å². The third-order valence-corrected chi connectivity index (χ3v) is 6.15. The first-order valence-electron chi connectivity index (χ1n) is 9.86. The number of aromatic nitrogens is 1. The van der Waals surface area contributed by atoms with E-state index in [2.05, 4.69) is 65.8 Å². The Morgan fingerprint density at radius 1 is 1.45 bits per heavy atom. The number of allylic oxidation sites excluding steroid dienone is 3. The molecule has 5 nitrogen and oxygen atoms in total.